The Labute approximate surface area is 142 Å². The van der Waals surface area contributed by atoms with Gasteiger partial charge in [-0.2, -0.15) is 18.3 Å². The number of hydrogen-bond acceptors (Lipinski definition) is 3. The first-order valence-electron chi connectivity index (χ1n) is 7.89. The predicted molar refractivity (Wildman–Crippen MR) is 83.6 cm³/mol. The molecule has 1 fully saturated rings. The smallest absolute Gasteiger partial charge is 0.393 e. The minimum atomic E-state index is -4.44. The van der Waals surface area contributed by atoms with E-state index in [9.17, 15) is 23.1 Å². The van der Waals surface area contributed by atoms with Crippen molar-refractivity contribution in [2.45, 2.75) is 31.2 Å². The number of benzene rings is 1. The van der Waals surface area contributed by atoms with E-state index >= 15 is 0 Å². The van der Waals surface area contributed by atoms with E-state index in [4.69, 9.17) is 0 Å². The number of hydrogen-bond donors (Lipinski definition) is 2. The van der Waals surface area contributed by atoms with Crippen molar-refractivity contribution < 1.29 is 23.1 Å². The van der Waals surface area contributed by atoms with Crippen LogP contribution in [0.1, 0.15) is 40.4 Å². The molecule has 0 unspecified atom stereocenters. The molecule has 1 saturated carbocycles. The molecular formula is C17H18F3N3O2. The normalized spacial score (nSPS) is 21.5. The first-order valence-corrected chi connectivity index (χ1v) is 7.89. The van der Waals surface area contributed by atoms with Gasteiger partial charge in [-0.3, -0.25) is 9.48 Å². The second-order valence-corrected chi connectivity index (χ2v) is 6.36. The van der Waals surface area contributed by atoms with Gasteiger partial charge in [-0.25, -0.2) is 0 Å². The third-order valence-corrected chi connectivity index (χ3v) is 4.47. The summed E-state index contributed by atoms with van der Waals surface area (Å²) in [5, 5.41) is 16.5. The van der Waals surface area contributed by atoms with Crippen molar-refractivity contribution in [1.82, 2.24) is 15.1 Å². The molecule has 5 nitrogen and oxygen atoms in total. The minimum absolute atomic E-state index is 0.0672. The van der Waals surface area contributed by atoms with Crippen molar-refractivity contribution in [3.8, 4) is 0 Å². The molecule has 0 radical (unpaired) electrons. The van der Waals surface area contributed by atoms with E-state index < -0.39 is 17.6 Å². The summed E-state index contributed by atoms with van der Waals surface area (Å²) in [6.07, 6.45) is -0.271. The Morgan fingerprint density at radius 1 is 1.32 bits per heavy atom. The Kier molecular flexibility index (Phi) is 4.55. The largest absolute Gasteiger partial charge is 0.416 e. The van der Waals surface area contributed by atoms with Crippen LogP contribution in [-0.2, 0) is 13.2 Å². The Morgan fingerprint density at radius 2 is 1.96 bits per heavy atom. The molecule has 3 rings (SSSR count). The third-order valence-electron chi connectivity index (χ3n) is 4.47. The van der Waals surface area contributed by atoms with Crippen molar-refractivity contribution in [2.24, 2.45) is 13.0 Å². The quantitative estimate of drug-likeness (QED) is 0.888. The van der Waals surface area contributed by atoms with Crippen LogP contribution < -0.4 is 5.32 Å². The molecule has 1 aliphatic rings. The third kappa shape index (κ3) is 3.84. The van der Waals surface area contributed by atoms with E-state index in [0.717, 1.165) is 29.8 Å². The second kappa shape index (κ2) is 6.51. The summed E-state index contributed by atoms with van der Waals surface area (Å²) in [5.74, 6) is -0.387. The van der Waals surface area contributed by atoms with Crippen LogP contribution in [0.4, 0.5) is 13.2 Å². The molecule has 0 bridgehead atoms. The van der Waals surface area contributed by atoms with Crippen molar-refractivity contribution in [3.05, 3.63) is 53.3 Å². The van der Waals surface area contributed by atoms with Crippen molar-refractivity contribution in [1.29, 1.82) is 0 Å². The molecule has 1 aliphatic carbocycles. The predicted octanol–water partition coefficient (Wildman–Crippen LogP) is 2.68. The van der Waals surface area contributed by atoms with Crippen LogP contribution in [0.3, 0.4) is 0 Å². The Balaban J connectivity index is 1.76. The van der Waals surface area contributed by atoms with E-state index in [2.05, 4.69) is 10.4 Å². The van der Waals surface area contributed by atoms with E-state index in [1.54, 1.807) is 24.1 Å². The lowest BCUT2D eigenvalue weighted by atomic mass is 9.75. The number of carbonyl (C=O) groups is 1. The van der Waals surface area contributed by atoms with Gasteiger partial charge in [0, 0.05) is 24.4 Å². The van der Waals surface area contributed by atoms with Gasteiger partial charge in [-0.1, -0.05) is 0 Å². The Hall–Kier alpha value is -2.35. The molecular weight excluding hydrogens is 335 g/mol. The van der Waals surface area contributed by atoms with Gasteiger partial charge in [0.1, 0.15) is 0 Å². The standard InChI is InChI=1S/C17H18F3N3O2/c1-23-9-12(8-21-23)15(11-6-14(24)7-11)22-16(25)10-2-4-13(5-3-10)17(18,19)20/h2-5,8-9,11,14-15,24H,6-7H2,1H3,(H,22,25)/t11?,14?,15-/m0/s1. The van der Waals surface area contributed by atoms with Gasteiger partial charge in [-0.05, 0) is 43.0 Å². The fraction of sp³-hybridized carbons (Fsp3) is 0.412. The van der Waals surface area contributed by atoms with Gasteiger partial charge in [0.15, 0.2) is 0 Å². The zero-order valence-electron chi connectivity index (χ0n) is 13.5. The number of nitrogens with one attached hydrogen (secondary N) is 1. The highest BCUT2D eigenvalue weighted by molar-refractivity contribution is 5.94. The molecule has 0 spiro atoms. The van der Waals surface area contributed by atoms with E-state index in [1.807, 2.05) is 0 Å². The highest BCUT2D eigenvalue weighted by Crippen LogP contribution is 2.38. The molecule has 8 heteroatoms. The maximum atomic E-state index is 12.6. The molecule has 25 heavy (non-hydrogen) atoms. The SMILES string of the molecule is Cn1cc([C@@H](NC(=O)c2ccc(C(F)(F)F)cc2)C2CC(O)C2)cn1. The molecule has 2 aromatic rings. The van der Waals surface area contributed by atoms with E-state index in [-0.39, 0.29) is 23.6 Å². The van der Waals surface area contributed by atoms with Gasteiger partial charge >= 0.3 is 6.18 Å². The van der Waals surface area contributed by atoms with Gasteiger partial charge < -0.3 is 10.4 Å². The molecule has 1 aromatic heterocycles. The molecule has 0 aliphatic heterocycles. The lowest BCUT2D eigenvalue weighted by Crippen LogP contribution is -2.41. The fourth-order valence-electron chi connectivity index (χ4n) is 3.01. The first kappa shape index (κ1) is 17.5. The topological polar surface area (TPSA) is 67.2 Å². The summed E-state index contributed by atoms with van der Waals surface area (Å²) in [7, 11) is 1.76. The van der Waals surface area contributed by atoms with E-state index in [1.165, 1.54) is 0 Å². The van der Waals surface area contributed by atoms with Crippen LogP contribution in [-0.4, -0.2) is 26.9 Å². The summed E-state index contributed by atoms with van der Waals surface area (Å²) in [6, 6.07) is 3.76. The zero-order chi connectivity index (χ0) is 18.2. The zero-order valence-corrected chi connectivity index (χ0v) is 13.5. The van der Waals surface area contributed by atoms with Gasteiger partial charge in [-0.15, -0.1) is 0 Å². The van der Waals surface area contributed by atoms with Gasteiger partial charge in [0.05, 0.1) is 23.9 Å². The van der Waals surface area contributed by atoms with Gasteiger partial charge in [0.25, 0.3) is 5.91 Å². The number of carbonyl (C=O) groups excluding carboxylic acids is 1. The average molecular weight is 353 g/mol. The van der Waals surface area contributed by atoms with Crippen LogP contribution in [0.25, 0.3) is 0 Å². The van der Waals surface area contributed by atoms with Gasteiger partial charge in [0.2, 0.25) is 0 Å². The highest BCUT2D eigenvalue weighted by Gasteiger charge is 2.36. The number of rotatable bonds is 4. The summed E-state index contributed by atoms with van der Waals surface area (Å²) >= 11 is 0. The van der Waals surface area contributed by atoms with Crippen molar-refractivity contribution in [3.63, 3.8) is 0 Å². The first-order chi connectivity index (χ1) is 11.7. The van der Waals surface area contributed by atoms with Crippen LogP contribution in [0, 0.1) is 5.92 Å². The molecule has 134 valence electrons. The lowest BCUT2D eigenvalue weighted by Gasteiger charge is -2.37. The molecule has 1 heterocycles. The van der Waals surface area contributed by atoms with Crippen molar-refractivity contribution in [2.75, 3.05) is 0 Å². The van der Waals surface area contributed by atoms with Crippen LogP contribution in [0.5, 0.6) is 0 Å². The summed E-state index contributed by atoms with van der Waals surface area (Å²) in [5.41, 5.74) is 0.163. The number of nitrogens with zero attached hydrogens (tertiary/aromatic N) is 2. The van der Waals surface area contributed by atoms with Crippen LogP contribution in [0.15, 0.2) is 36.7 Å². The monoisotopic (exact) mass is 353 g/mol. The average Bonchev–Trinajstić information content (AvgIpc) is 2.95. The summed E-state index contributed by atoms with van der Waals surface area (Å²) in [4.78, 5) is 12.4. The lowest BCUT2D eigenvalue weighted by molar-refractivity contribution is -0.137. The van der Waals surface area contributed by atoms with Crippen LogP contribution in [0.2, 0.25) is 0 Å². The maximum Gasteiger partial charge on any atom is 0.416 e. The number of aliphatic hydroxyl groups is 1. The fourth-order valence-corrected chi connectivity index (χ4v) is 3.01. The summed E-state index contributed by atoms with van der Waals surface area (Å²) < 4.78 is 39.5. The summed E-state index contributed by atoms with van der Waals surface area (Å²) in [6.45, 7) is 0. The highest BCUT2D eigenvalue weighted by atomic mass is 19.4. The molecule has 1 atom stereocenters. The molecule has 1 aromatic carbocycles. The second-order valence-electron chi connectivity index (χ2n) is 6.36. The number of amides is 1. The number of halogens is 3. The Bertz CT molecular complexity index is 749. The van der Waals surface area contributed by atoms with Crippen molar-refractivity contribution >= 4 is 5.91 Å². The maximum absolute atomic E-state index is 12.6. The van der Waals surface area contributed by atoms with Crippen LogP contribution >= 0.6 is 0 Å². The number of aliphatic hydroxyl groups excluding tert-OH is 1. The molecule has 1 amide bonds. The molecule has 0 saturated heterocycles. The van der Waals surface area contributed by atoms with E-state index in [0.29, 0.717) is 12.8 Å². The number of aryl methyl sites for hydroxylation is 1. The number of aromatic nitrogens is 2. The Morgan fingerprint density at radius 3 is 2.44 bits per heavy atom. The number of alkyl halides is 3. The minimum Gasteiger partial charge on any atom is -0.393 e. The molecule has 2 N–H and O–H groups in total.